The van der Waals surface area contributed by atoms with Crippen molar-refractivity contribution in [3.8, 4) is 35.2 Å². The average molecular weight is 420 g/mol. The van der Waals surface area contributed by atoms with Crippen molar-refractivity contribution >= 4 is 11.2 Å². The molecular weight excluding hydrogens is 400 g/mol. The lowest BCUT2D eigenvalue weighted by Gasteiger charge is -2.09. The topological polar surface area (TPSA) is 93.4 Å². The van der Waals surface area contributed by atoms with Crippen molar-refractivity contribution in [1.82, 2.24) is 18.7 Å². The van der Waals surface area contributed by atoms with E-state index in [1.165, 1.54) is 17.9 Å². The molecule has 0 bridgehead atoms. The molecule has 0 unspecified atom stereocenters. The molecule has 0 radical (unpaired) electrons. The predicted octanol–water partition coefficient (Wildman–Crippen LogP) is 1.86. The summed E-state index contributed by atoms with van der Waals surface area (Å²) in [7, 11) is 4.80. The number of benzene rings is 1. The molecule has 3 heterocycles. The third-order valence-corrected chi connectivity index (χ3v) is 5.03. The highest BCUT2D eigenvalue weighted by atomic mass is 16.5. The normalized spacial score (nSPS) is 10.9. The van der Waals surface area contributed by atoms with Gasteiger partial charge in [0.05, 0.1) is 33.6 Å². The number of nitrogens with zero attached hydrogens (tertiary/aromatic N) is 4. The molecule has 9 nitrogen and oxygen atoms in total. The maximum atomic E-state index is 13.1. The number of hydrogen-bond donors (Lipinski definition) is 0. The van der Waals surface area contributed by atoms with Gasteiger partial charge in [0.25, 0.3) is 5.56 Å². The second kappa shape index (κ2) is 7.91. The maximum absolute atomic E-state index is 13.1. The zero-order chi connectivity index (χ0) is 22.1. The van der Waals surface area contributed by atoms with Crippen LogP contribution in [0.4, 0.5) is 0 Å². The third kappa shape index (κ3) is 3.28. The van der Waals surface area contributed by atoms with Crippen molar-refractivity contribution in [2.24, 2.45) is 7.05 Å². The largest absolute Gasteiger partial charge is 0.493 e. The number of methoxy groups -OCH3 is 2. The molecule has 0 fully saturated rings. The average Bonchev–Trinajstić information content (AvgIpc) is 3.41. The molecule has 0 amide bonds. The Morgan fingerprint density at radius 3 is 2.55 bits per heavy atom. The first-order valence-corrected chi connectivity index (χ1v) is 9.38. The van der Waals surface area contributed by atoms with E-state index in [1.807, 2.05) is 0 Å². The molecule has 3 aromatic heterocycles. The molecule has 0 aliphatic carbocycles. The fourth-order valence-electron chi connectivity index (χ4n) is 3.53. The Labute approximate surface area is 177 Å². The molecule has 0 atom stereocenters. The van der Waals surface area contributed by atoms with Crippen LogP contribution in [0.15, 0.2) is 50.6 Å². The number of furan rings is 1. The van der Waals surface area contributed by atoms with Crippen LogP contribution in [-0.2, 0) is 20.1 Å². The lowest BCUT2D eigenvalue weighted by molar-refractivity contribution is 0.355. The van der Waals surface area contributed by atoms with Gasteiger partial charge in [-0.15, -0.1) is 6.42 Å². The van der Waals surface area contributed by atoms with Gasteiger partial charge in [-0.2, -0.15) is 0 Å². The van der Waals surface area contributed by atoms with Gasteiger partial charge in [0, 0.05) is 12.6 Å². The molecule has 4 aromatic rings. The minimum absolute atomic E-state index is 0.107. The van der Waals surface area contributed by atoms with Crippen molar-refractivity contribution in [3.05, 3.63) is 63.2 Å². The number of terminal acetylenes is 1. The third-order valence-electron chi connectivity index (χ3n) is 5.03. The summed E-state index contributed by atoms with van der Waals surface area (Å²) in [5.41, 5.74) is 0.133. The Balaban J connectivity index is 2.02. The standard InChI is InChI=1S/C22H20N4O5/c1-5-10-25-21(27)18-20(26(22(25)28)13-15-7-6-11-31-15)23-19(24(18)2)14-8-9-16(29-3)17(12-14)30-4/h1,6-9,11-12H,10,13H2,2-4H3. The summed E-state index contributed by atoms with van der Waals surface area (Å²) in [6, 6.07) is 8.78. The summed E-state index contributed by atoms with van der Waals surface area (Å²) >= 11 is 0. The van der Waals surface area contributed by atoms with Crippen molar-refractivity contribution in [2.45, 2.75) is 13.1 Å². The highest BCUT2D eigenvalue weighted by Crippen LogP contribution is 2.32. The first-order valence-electron chi connectivity index (χ1n) is 9.38. The van der Waals surface area contributed by atoms with Crippen LogP contribution >= 0.6 is 0 Å². The number of aryl methyl sites for hydroxylation is 1. The summed E-state index contributed by atoms with van der Waals surface area (Å²) in [4.78, 5) is 30.8. The zero-order valence-electron chi connectivity index (χ0n) is 17.3. The van der Waals surface area contributed by atoms with Gasteiger partial charge in [-0.1, -0.05) is 5.92 Å². The fourth-order valence-corrected chi connectivity index (χ4v) is 3.53. The number of hydrogen-bond acceptors (Lipinski definition) is 6. The summed E-state index contributed by atoms with van der Waals surface area (Å²) in [5, 5.41) is 0. The maximum Gasteiger partial charge on any atom is 0.334 e. The molecule has 0 spiro atoms. The van der Waals surface area contributed by atoms with Gasteiger partial charge in [-0.05, 0) is 30.3 Å². The van der Waals surface area contributed by atoms with E-state index in [2.05, 4.69) is 10.9 Å². The smallest absolute Gasteiger partial charge is 0.334 e. The van der Waals surface area contributed by atoms with Gasteiger partial charge in [0.1, 0.15) is 11.6 Å². The Morgan fingerprint density at radius 2 is 1.90 bits per heavy atom. The molecule has 9 heteroatoms. The number of aromatic nitrogens is 4. The molecule has 0 saturated heterocycles. The van der Waals surface area contributed by atoms with Gasteiger partial charge in [0.2, 0.25) is 0 Å². The molecule has 158 valence electrons. The van der Waals surface area contributed by atoms with Crippen LogP contribution < -0.4 is 20.7 Å². The zero-order valence-corrected chi connectivity index (χ0v) is 17.3. The van der Waals surface area contributed by atoms with Crippen LogP contribution in [0.3, 0.4) is 0 Å². The molecule has 0 aliphatic heterocycles. The number of fused-ring (bicyclic) bond motifs is 1. The van der Waals surface area contributed by atoms with Gasteiger partial charge < -0.3 is 18.5 Å². The van der Waals surface area contributed by atoms with Crippen LogP contribution in [0.1, 0.15) is 5.76 Å². The van der Waals surface area contributed by atoms with Crippen LogP contribution in [0.25, 0.3) is 22.6 Å². The highest BCUT2D eigenvalue weighted by Gasteiger charge is 2.22. The summed E-state index contributed by atoms with van der Waals surface area (Å²) in [5.74, 6) is 4.49. The van der Waals surface area contributed by atoms with E-state index in [4.69, 9.17) is 20.3 Å². The van der Waals surface area contributed by atoms with Crippen molar-refractivity contribution < 1.29 is 13.9 Å². The van der Waals surface area contributed by atoms with E-state index in [9.17, 15) is 9.59 Å². The van der Waals surface area contributed by atoms with Crippen LogP contribution in [-0.4, -0.2) is 32.9 Å². The Kier molecular flexibility index (Phi) is 5.13. The van der Waals surface area contributed by atoms with Crippen LogP contribution in [0.2, 0.25) is 0 Å². The molecule has 0 N–H and O–H groups in total. The predicted molar refractivity (Wildman–Crippen MR) is 114 cm³/mol. The summed E-state index contributed by atoms with van der Waals surface area (Å²) < 4.78 is 20.1. The number of ether oxygens (including phenoxy) is 2. The minimum atomic E-state index is -0.552. The lowest BCUT2D eigenvalue weighted by Crippen LogP contribution is -2.40. The van der Waals surface area contributed by atoms with Gasteiger partial charge >= 0.3 is 5.69 Å². The molecular formula is C22H20N4O5. The van der Waals surface area contributed by atoms with Crippen LogP contribution in [0, 0.1) is 12.3 Å². The summed E-state index contributed by atoms with van der Waals surface area (Å²) in [6.45, 7) is -0.0434. The minimum Gasteiger partial charge on any atom is -0.493 e. The van der Waals surface area contributed by atoms with E-state index in [1.54, 1.807) is 49.1 Å². The van der Waals surface area contributed by atoms with Gasteiger partial charge in [-0.25, -0.2) is 14.3 Å². The van der Waals surface area contributed by atoms with E-state index >= 15 is 0 Å². The van der Waals surface area contributed by atoms with Crippen molar-refractivity contribution in [2.75, 3.05) is 14.2 Å². The van der Waals surface area contributed by atoms with E-state index in [0.29, 0.717) is 28.6 Å². The van der Waals surface area contributed by atoms with Crippen molar-refractivity contribution in [3.63, 3.8) is 0 Å². The summed E-state index contributed by atoms with van der Waals surface area (Å²) in [6.07, 6.45) is 6.91. The Hall–Kier alpha value is -4.19. The van der Waals surface area contributed by atoms with Gasteiger partial charge in [0.15, 0.2) is 22.7 Å². The van der Waals surface area contributed by atoms with Gasteiger partial charge in [-0.3, -0.25) is 9.36 Å². The number of rotatable bonds is 6. The fraction of sp³-hybridized carbons (Fsp3) is 0.227. The Bertz CT molecular complexity index is 1420. The SMILES string of the molecule is C#CCn1c(=O)c2c(nc(-c3ccc(OC)c(OC)c3)n2C)n(Cc2ccco2)c1=O. The first-order chi connectivity index (χ1) is 15.0. The van der Waals surface area contributed by atoms with E-state index < -0.39 is 11.2 Å². The molecule has 31 heavy (non-hydrogen) atoms. The second-order valence-electron chi connectivity index (χ2n) is 6.78. The lowest BCUT2D eigenvalue weighted by atomic mass is 10.2. The van der Waals surface area contributed by atoms with E-state index in [0.717, 1.165) is 4.57 Å². The molecule has 0 saturated carbocycles. The molecule has 1 aromatic carbocycles. The first kappa shape index (κ1) is 20.1. The molecule has 0 aliphatic rings. The monoisotopic (exact) mass is 420 g/mol. The highest BCUT2D eigenvalue weighted by molar-refractivity contribution is 5.77. The molecule has 4 rings (SSSR count). The number of imidazole rings is 1. The second-order valence-corrected chi connectivity index (χ2v) is 6.78. The quantitative estimate of drug-likeness (QED) is 0.442. The van der Waals surface area contributed by atoms with Crippen LogP contribution in [0.5, 0.6) is 11.5 Å². The Morgan fingerprint density at radius 1 is 1.13 bits per heavy atom. The van der Waals surface area contributed by atoms with Crippen molar-refractivity contribution in [1.29, 1.82) is 0 Å². The van der Waals surface area contributed by atoms with E-state index in [-0.39, 0.29) is 24.3 Å².